The minimum atomic E-state index is -0.532. The van der Waals surface area contributed by atoms with Gasteiger partial charge in [0.1, 0.15) is 23.0 Å². The highest BCUT2D eigenvalue weighted by molar-refractivity contribution is 6.31. The van der Waals surface area contributed by atoms with E-state index in [1.807, 2.05) is 19.9 Å². The second-order valence-corrected chi connectivity index (χ2v) is 9.33. The average molecular weight is 483 g/mol. The van der Waals surface area contributed by atoms with Crippen LogP contribution >= 0.6 is 11.6 Å². The quantitative estimate of drug-likeness (QED) is 0.365. The van der Waals surface area contributed by atoms with Gasteiger partial charge in [-0.05, 0) is 62.1 Å². The Morgan fingerprint density at radius 3 is 2.47 bits per heavy atom. The average Bonchev–Trinajstić information content (AvgIpc) is 3.17. The highest BCUT2D eigenvalue weighted by Crippen LogP contribution is 2.44. The number of pyridine rings is 1. The van der Waals surface area contributed by atoms with Gasteiger partial charge in [0.15, 0.2) is 5.82 Å². The van der Waals surface area contributed by atoms with Crippen LogP contribution in [0.25, 0.3) is 33.5 Å². The van der Waals surface area contributed by atoms with Crippen LogP contribution in [0.5, 0.6) is 0 Å². The molecule has 0 aliphatic carbocycles. The summed E-state index contributed by atoms with van der Waals surface area (Å²) in [7, 11) is 0. The minimum absolute atomic E-state index is 0.113. The first-order valence-corrected chi connectivity index (χ1v) is 11.5. The predicted molar refractivity (Wildman–Crippen MR) is 133 cm³/mol. The second kappa shape index (κ2) is 8.52. The van der Waals surface area contributed by atoms with Crippen LogP contribution in [0.3, 0.4) is 0 Å². The molecule has 9 heteroatoms. The molecule has 6 nitrogen and oxygen atoms in total. The molecular formula is C25H25ClF2N6. The van der Waals surface area contributed by atoms with Gasteiger partial charge in [0.25, 0.3) is 0 Å². The van der Waals surface area contributed by atoms with Gasteiger partial charge in [0.2, 0.25) is 0 Å². The maximum Gasteiger partial charge on any atom is 0.152 e. The maximum atomic E-state index is 14.6. The van der Waals surface area contributed by atoms with Gasteiger partial charge in [0, 0.05) is 35.4 Å². The molecule has 5 N–H and O–H groups in total. The lowest BCUT2D eigenvalue weighted by atomic mass is 9.94. The molecule has 0 atom stereocenters. The van der Waals surface area contributed by atoms with Crippen LogP contribution in [0, 0.1) is 25.5 Å². The summed E-state index contributed by atoms with van der Waals surface area (Å²) in [6.45, 7) is 5.09. The molecule has 0 spiro atoms. The molecule has 0 radical (unpaired) electrons. The zero-order chi connectivity index (χ0) is 24.1. The molecule has 176 valence electrons. The lowest BCUT2D eigenvalue weighted by Gasteiger charge is -2.35. The molecule has 0 unspecified atom stereocenters. The lowest BCUT2D eigenvalue weighted by Crippen LogP contribution is -2.40. The first-order chi connectivity index (χ1) is 16.2. The summed E-state index contributed by atoms with van der Waals surface area (Å²) < 4.78 is 29.0. The highest BCUT2D eigenvalue weighted by atomic mass is 35.5. The second-order valence-electron chi connectivity index (χ2n) is 8.89. The molecule has 0 saturated carbocycles. The number of aromatic nitrogens is 3. The summed E-state index contributed by atoms with van der Waals surface area (Å²) in [4.78, 5) is 14.5. The van der Waals surface area contributed by atoms with Gasteiger partial charge >= 0.3 is 0 Å². The molecule has 0 amide bonds. The van der Waals surface area contributed by atoms with E-state index in [0.29, 0.717) is 41.3 Å². The number of nitrogens with two attached hydrogens (primary N) is 2. The molecule has 2 aromatic carbocycles. The number of hydrogen-bond donors (Lipinski definition) is 3. The molecule has 3 heterocycles. The standard InChI is InChI=1S/C25H25ClF2N6/c1-12-7-14(9-16(27)8-12)20-13(2)31-24(30)21(23(20)34-5-3-17(29)4-6-34)25-32-19-11-15(26)10-18(28)22(19)33-25/h7-11,17H,3-6,29H2,1-2H3,(H2,30,31)(H,32,33). The number of rotatable bonds is 3. The van der Waals surface area contributed by atoms with Crippen molar-refractivity contribution in [2.24, 2.45) is 5.73 Å². The molecule has 4 aromatic rings. The predicted octanol–water partition coefficient (Wildman–Crippen LogP) is 5.35. The van der Waals surface area contributed by atoms with E-state index in [1.165, 1.54) is 18.2 Å². The van der Waals surface area contributed by atoms with Crippen LogP contribution in [0.15, 0.2) is 30.3 Å². The maximum absolute atomic E-state index is 14.6. The van der Waals surface area contributed by atoms with Crippen molar-refractivity contribution in [1.29, 1.82) is 0 Å². The van der Waals surface area contributed by atoms with Crippen molar-refractivity contribution in [2.75, 3.05) is 23.7 Å². The normalized spacial score (nSPS) is 14.8. The molecule has 2 aromatic heterocycles. The summed E-state index contributed by atoms with van der Waals surface area (Å²) in [6.07, 6.45) is 1.60. The topological polar surface area (TPSA) is 96.8 Å². The van der Waals surface area contributed by atoms with Gasteiger partial charge in [-0.1, -0.05) is 17.7 Å². The van der Waals surface area contributed by atoms with Crippen molar-refractivity contribution >= 4 is 34.1 Å². The number of imidazole rings is 1. The number of benzene rings is 2. The number of aromatic amines is 1. The van der Waals surface area contributed by atoms with Gasteiger partial charge in [-0.2, -0.15) is 0 Å². The lowest BCUT2D eigenvalue weighted by molar-refractivity contribution is 0.501. The fourth-order valence-corrected chi connectivity index (χ4v) is 4.97. The number of hydrogen-bond acceptors (Lipinski definition) is 5. The number of piperidine rings is 1. The number of H-pyrrole nitrogens is 1. The Morgan fingerprint density at radius 2 is 1.76 bits per heavy atom. The van der Waals surface area contributed by atoms with E-state index in [4.69, 9.17) is 23.1 Å². The van der Waals surface area contributed by atoms with E-state index in [2.05, 4.69) is 19.9 Å². The summed E-state index contributed by atoms with van der Waals surface area (Å²) in [5, 5.41) is 0.261. The minimum Gasteiger partial charge on any atom is -0.383 e. The molecule has 1 aliphatic rings. The SMILES string of the molecule is Cc1cc(F)cc(-c2c(C)nc(N)c(-c3nc4c(F)cc(Cl)cc4[nH]3)c2N2CCC(N)CC2)c1. The van der Waals surface area contributed by atoms with Crippen LogP contribution in [0.2, 0.25) is 5.02 Å². The number of nitrogens with one attached hydrogen (secondary N) is 1. The zero-order valence-corrected chi connectivity index (χ0v) is 19.7. The Hall–Kier alpha value is -3.23. The first kappa shape index (κ1) is 22.6. The fourth-order valence-electron chi connectivity index (χ4n) is 4.77. The number of aryl methyl sites for hydroxylation is 2. The number of nitrogens with zero attached hydrogens (tertiary/aromatic N) is 3. The Labute approximate surface area is 200 Å². The third-order valence-corrected chi connectivity index (χ3v) is 6.53. The van der Waals surface area contributed by atoms with E-state index in [-0.39, 0.29) is 28.2 Å². The zero-order valence-electron chi connectivity index (χ0n) is 18.9. The van der Waals surface area contributed by atoms with Gasteiger partial charge < -0.3 is 21.4 Å². The van der Waals surface area contributed by atoms with Gasteiger partial charge in [-0.15, -0.1) is 0 Å². The van der Waals surface area contributed by atoms with Gasteiger partial charge in [-0.3, -0.25) is 0 Å². The largest absolute Gasteiger partial charge is 0.383 e. The first-order valence-electron chi connectivity index (χ1n) is 11.1. The number of fused-ring (bicyclic) bond motifs is 1. The Balaban J connectivity index is 1.82. The van der Waals surface area contributed by atoms with Gasteiger partial charge in [0.05, 0.1) is 16.8 Å². The number of halogens is 3. The van der Waals surface area contributed by atoms with Crippen molar-refractivity contribution in [3.63, 3.8) is 0 Å². The molecule has 5 rings (SSSR count). The van der Waals surface area contributed by atoms with Crippen molar-refractivity contribution < 1.29 is 8.78 Å². The van der Waals surface area contributed by atoms with Crippen LogP contribution in [0.4, 0.5) is 20.3 Å². The van der Waals surface area contributed by atoms with E-state index in [1.54, 1.807) is 6.07 Å². The molecule has 0 bridgehead atoms. The van der Waals surface area contributed by atoms with E-state index >= 15 is 0 Å². The summed E-state index contributed by atoms with van der Waals surface area (Å²) in [5.41, 5.74) is 17.5. The summed E-state index contributed by atoms with van der Waals surface area (Å²) in [5.74, 6) is -0.236. The molecular weight excluding hydrogens is 458 g/mol. The highest BCUT2D eigenvalue weighted by Gasteiger charge is 2.28. The van der Waals surface area contributed by atoms with Crippen LogP contribution in [0.1, 0.15) is 24.1 Å². The van der Waals surface area contributed by atoms with E-state index in [9.17, 15) is 8.78 Å². The van der Waals surface area contributed by atoms with Crippen molar-refractivity contribution in [3.05, 3.63) is 58.2 Å². The van der Waals surface area contributed by atoms with Crippen molar-refractivity contribution in [2.45, 2.75) is 32.7 Å². The van der Waals surface area contributed by atoms with E-state index < -0.39 is 5.82 Å². The Kier molecular flexibility index (Phi) is 5.65. The Bertz CT molecular complexity index is 1390. The van der Waals surface area contributed by atoms with Crippen molar-refractivity contribution in [1.82, 2.24) is 15.0 Å². The van der Waals surface area contributed by atoms with Crippen LogP contribution in [-0.4, -0.2) is 34.1 Å². The van der Waals surface area contributed by atoms with Crippen molar-refractivity contribution in [3.8, 4) is 22.5 Å². The molecule has 1 saturated heterocycles. The summed E-state index contributed by atoms with van der Waals surface area (Å²) >= 11 is 6.05. The monoisotopic (exact) mass is 482 g/mol. The molecule has 34 heavy (non-hydrogen) atoms. The third-order valence-electron chi connectivity index (χ3n) is 6.31. The van der Waals surface area contributed by atoms with Crippen LogP contribution in [-0.2, 0) is 0 Å². The van der Waals surface area contributed by atoms with E-state index in [0.717, 1.165) is 29.7 Å². The Morgan fingerprint density at radius 1 is 1.03 bits per heavy atom. The molecule has 1 fully saturated rings. The fraction of sp³-hybridized carbons (Fsp3) is 0.280. The van der Waals surface area contributed by atoms with Gasteiger partial charge in [-0.25, -0.2) is 18.7 Å². The smallest absolute Gasteiger partial charge is 0.152 e. The number of nitrogen functional groups attached to an aromatic ring is 1. The number of anilines is 2. The van der Waals surface area contributed by atoms with Crippen LogP contribution < -0.4 is 16.4 Å². The molecule has 1 aliphatic heterocycles. The summed E-state index contributed by atoms with van der Waals surface area (Å²) in [6, 6.07) is 7.85. The third kappa shape index (κ3) is 3.97.